The van der Waals surface area contributed by atoms with Gasteiger partial charge in [0.1, 0.15) is 11.9 Å². The first kappa shape index (κ1) is 14.8. The number of rotatable bonds is 3. The molecule has 1 aromatic rings. The maximum absolute atomic E-state index is 7.72. The molecule has 0 radical (unpaired) electrons. The van der Waals surface area contributed by atoms with Gasteiger partial charge in [-0.25, -0.2) is 4.98 Å². The van der Waals surface area contributed by atoms with Gasteiger partial charge in [0.15, 0.2) is 0 Å². The van der Waals surface area contributed by atoms with Crippen LogP contribution >= 0.6 is 0 Å². The topological polar surface area (TPSA) is 81.2 Å². The smallest absolute Gasteiger partial charge is 0.225 e. The summed E-state index contributed by atoms with van der Waals surface area (Å²) in [5, 5.41) is 7.72. The molecular weight excluding hydrogens is 254 g/mol. The zero-order valence-corrected chi connectivity index (χ0v) is 12.6. The van der Waals surface area contributed by atoms with Gasteiger partial charge in [-0.3, -0.25) is 5.41 Å². The van der Waals surface area contributed by atoms with E-state index in [1.165, 1.54) is 0 Å². The number of nitrogens with two attached hydrogens (primary N) is 1. The van der Waals surface area contributed by atoms with Crippen LogP contribution in [0.3, 0.4) is 0 Å². The molecule has 0 aromatic carbocycles. The van der Waals surface area contributed by atoms with Crippen molar-refractivity contribution in [3.05, 3.63) is 22.9 Å². The van der Waals surface area contributed by atoms with Gasteiger partial charge in [0.05, 0.1) is 17.8 Å². The van der Waals surface area contributed by atoms with Crippen molar-refractivity contribution in [2.45, 2.75) is 58.8 Å². The first-order chi connectivity index (χ1) is 9.36. The number of nitrogens with zero attached hydrogens (tertiary/aromatic N) is 1. The molecule has 0 saturated carbocycles. The van der Waals surface area contributed by atoms with Crippen LogP contribution in [0.25, 0.3) is 0 Å². The summed E-state index contributed by atoms with van der Waals surface area (Å²) in [5.41, 5.74) is 8.06. The summed E-state index contributed by atoms with van der Waals surface area (Å²) in [6.07, 6.45) is 2.07. The Kier molecular flexibility index (Phi) is 4.28. The maximum Gasteiger partial charge on any atom is 0.225 e. The summed E-state index contributed by atoms with van der Waals surface area (Å²) in [6.45, 7) is 7.94. The Bertz CT molecular complexity index is 506. The summed E-state index contributed by atoms with van der Waals surface area (Å²) in [7, 11) is 0. The number of hydrogen-bond acceptors (Lipinski definition) is 4. The van der Waals surface area contributed by atoms with Crippen LogP contribution in [-0.2, 0) is 4.74 Å². The van der Waals surface area contributed by atoms with E-state index in [1.54, 1.807) is 0 Å². The van der Waals surface area contributed by atoms with E-state index in [4.69, 9.17) is 20.6 Å². The number of aromatic nitrogens is 1. The molecule has 2 unspecified atom stereocenters. The van der Waals surface area contributed by atoms with Gasteiger partial charge >= 0.3 is 0 Å². The second kappa shape index (κ2) is 5.79. The van der Waals surface area contributed by atoms with Gasteiger partial charge in [0.2, 0.25) is 5.88 Å². The van der Waals surface area contributed by atoms with Gasteiger partial charge in [-0.05, 0) is 39.3 Å². The average molecular weight is 277 g/mol. The molecule has 0 spiro atoms. The highest BCUT2D eigenvalue weighted by atomic mass is 16.5. The molecular formula is C15H23N3O2. The Morgan fingerprint density at radius 2 is 1.95 bits per heavy atom. The molecule has 1 aliphatic rings. The number of hydrogen-bond donors (Lipinski definition) is 2. The number of nitrogen functional groups attached to an aromatic ring is 1. The highest BCUT2D eigenvalue weighted by Crippen LogP contribution is 2.27. The van der Waals surface area contributed by atoms with E-state index in [0.29, 0.717) is 11.4 Å². The molecule has 0 aliphatic carbocycles. The zero-order valence-electron chi connectivity index (χ0n) is 12.6. The van der Waals surface area contributed by atoms with Crippen molar-refractivity contribution in [2.24, 2.45) is 5.73 Å². The first-order valence-corrected chi connectivity index (χ1v) is 7.01. The van der Waals surface area contributed by atoms with Crippen LogP contribution < -0.4 is 10.5 Å². The molecule has 2 rings (SSSR count). The lowest BCUT2D eigenvalue weighted by Crippen LogP contribution is -2.36. The Labute approximate surface area is 120 Å². The van der Waals surface area contributed by atoms with Crippen LogP contribution in [-0.4, -0.2) is 29.1 Å². The van der Waals surface area contributed by atoms with Crippen molar-refractivity contribution < 1.29 is 9.47 Å². The van der Waals surface area contributed by atoms with Crippen molar-refractivity contribution in [3.63, 3.8) is 0 Å². The Morgan fingerprint density at radius 3 is 2.50 bits per heavy atom. The molecule has 110 valence electrons. The fraction of sp³-hybridized carbons (Fsp3) is 0.600. The summed E-state index contributed by atoms with van der Waals surface area (Å²) in [6, 6.07) is 1.92. The molecule has 5 heteroatoms. The summed E-state index contributed by atoms with van der Waals surface area (Å²) < 4.78 is 11.8. The monoisotopic (exact) mass is 277 g/mol. The van der Waals surface area contributed by atoms with E-state index in [-0.39, 0.29) is 24.1 Å². The van der Waals surface area contributed by atoms with Crippen LogP contribution in [0.15, 0.2) is 6.07 Å². The Morgan fingerprint density at radius 1 is 1.35 bits per heavy atom. The number of ether oxygens (including phenoxy) is 2. The lowest BCUT2D eigenvalue weighted by Gasteiger charge is -2.32. The van der Waals surface area contributed by atoms with Gasteiger partial charge in [-0.1, -0.05) is 0 Å². The predicted molar refractivity (Wildman–Crippen MR) is 78.4 cm³/mol. The zero-order chi connectivity index (χ0) is 14.9. The minimum atomic E-state index is -0.00171. The lowest BCUT2D eigenvalue weighted by molar-refractivity contribution is -0.0730. The average Bonchev–Trinajstić information content (AvgIpc) is 2.25. The van der Waals surface area contributed by atoms with Crippen LogP contribution in [0.5, 0.6) is 5.88 Å². The van der Waals surface area contributed by atoms with Gasteiger partial charge in [0, 0.05) is 18.5 Å². The van der Waals surface area contributed by atoms with E-state index in [2.05, 4.69) is 4.98 Å². The molecule has 20 heavy (non-hydrogen) atoms. The van der Waals surface area contributed by atoms with Crippen LogP contribution in [0, 0.1) is 19.3 Å². The summed E-state index contributed by atoms with van der Waals surface area (Å²) in [5.74, 6) is 0.472. The van der Waals surface area contributed by atoms with E-state index in [9.17, 15) is 0 Å². The Balaban J connectivity index is 2.26. The normalized spacial score (nSPS) is 26.3. The molecule has 0 bridgehead atoms. The van der Waals surface area contributed by atoms with Crippen LogP contribution in [0.1, 0.15) is 43.5 Å². The van der Waals surface area contributed by atoms with E-state index >= 15 is 0 Å². The summed E-state index contributed by atoms with van der Waals surface area (Å²) in [4.78, 5) is 4.42. The number of amidine groups is 1. The van der Waals surface area contributed by atoms with E-state index in [1.807, 2.05) is 33.8 Å². The van der Waals surface area contributed by atoms with Gasteiger partial charge < -0.3 is 15.2 Å². The number of nitrogens with one attached hydrogen (secondary N) is 1. The fourth-order valence-corrected chi connectivity index (χ4v) is 2.81. The second-order valence-corrected chi connectivity index (χ2v) is 5.64. The number of aryl methyl sites for hydroxylation is 2. The highest BCUT2D eigenvalue weighted by molar-refractivity contribution is 5.98. The van der Waals surface area contributed by atoms with Gasteiger partial charge in [-0.2, -0.15) is 0 Å². The predicted octanol–water partition coefficient (Wildman–Crippen LogP) is 2.32. The molecule has 3 N–H and O–H groups in total. The summed E-state index contributed by atoms with van der Waals surface area (Å²) >= 11 is 0. The van der Waals surface area contributed by atoms with Crippen molar-refractivity contribution in [1.29, 1.82) is 5.41 Å². The van der Waals surface area contributed by atoms with Crippen LogP contribution in [0.4, 0.5) is 0 Å². The number of pyridine rings is 1. The minimum Gasteiger partial charge on any atom is -0.474 e. The maximum atomic E-state index is 7.72. The third-order valence-electron chi connectivity index (χ3n) is 3.51. The molecule has 1 aromatic heterocycles. The quantitative estimate of drug-likeness (QED) is 0.656. The van der Waals surface area contributed by atoms with E-state index < -0.39 is 0 Å². The third-order valence-corrected chi connectivity index (χ3v) is 3.51. The molecule has 0 amide bonds. The highest BCUT2D eigenvalue weighted by Gasteiger charge is 2.27. The van der Waals surface area contributed by atoms with Gasteiger partial charge in [-0.15, -0.1) is 0 Å². The standard InChI is InChI=1S/C15H23N3O2/c1-8-5-9(2)18-15(13(8)14(16)17)20-12-6-10(3)19-11(4)7-12/h5,10-12H,6-7H2,1-4H3,(H3,16,17). The molecule has 1 saturated heterocycles. The largest absolute Gasteiger partial charge is 0.474 e. The molecule has 2 heterocycles. The van der Waals surface area contributed by atoms with Crippen molar-refractivity contribution in [3.8, 4) is 5.88 Å². The van der Waals surface area contributed by atoms with Gasteiger partial charge in [0.25, 0.3) is 0 Å². The van der Waals surface area contributed by atoms with Crippen molar-refractivity contribution in [1.82, 2.24) is 4.98 Å². The fourth-order valence-electron chi connectivity index (χ4n) is 2.81. The molecule has 2 atom stereocenters. The Hall–Kier alpha value is -1.62. The SMILES string of the molecule is Cc1cc(C)c(C(=N)N)c(OC2CC(C)OC(C)C2)n1. The van der Waals surface area contributed by atoms with Crippen LogP contribution in [0.2, 0.25) is 0 Å². The van der Waals surface area contributed by atoms with E-state index in [0.717, 1.165) is 24.1 Å². The third kappa shape index (κ3) is 3.28. The van der Waals surface area contributed by atoms with Crippen molar-refractivity contribution in [2.75, 3.05) is 0 Å². The lowest BCUT2D eigenvalue weighted by atomic mass is 10.0. The molecule has 1 fully saturated rings. The first-order valence-electron chi connectivity index (χ1n) is 7.01. The van der Waals surface area contributed by atoms with Crippen molar-refractivity contribution >= 4 is 5.84 Å². The minimum absolute atomic E-state index is 0.00171. The second-order valence-electron chi connectivity index (χ2n) is 5.64. The molecule has 1 aliphatic heterocycles. The molecule has 5 nitrogen and oxygen atoms in total.